The Morgan fingerprint density at radius 3 is 2.75 bits per heavy atom. The first-order valence-corrected chi connectivity index (χ1v) is 11.1. The van der Waals surface area contributed by atoms with Gasteiger partial charge in [0.15, 0.2) is 0 Å². The van der Waals surface area contributed by atoms with Gasteiger partial charge < -0.3 is 20.9 Å². The summed E-state index contributed by atoms with van der Waals surface area (Å²) in [7, 11) is 4.01. The highest BCUT2D eigenvalue weighted by Gasteiger charge is 2.42. The van der Waals surface area contributed by atoms with Gasteiger partial charge in [-0.3, -0.25) is 15.0 Å². The number of thioether (sulfide) groups is 1. The van der Waals surface area contributed by atoms with Crippen LogP contribution in [0.15, 0.2) is 0 Å². The van der Waals surface area contributed by atoms with Gasteiger partial charge in [0.1, 0.15) is 6.04 Å². The van der Waals surface area contributed by atoms with Crippen LogP contribution in [0.1, 0.15) is 44.9 Å². The lowest BCUT2D eigenvalue weighted by Gasteiger charge is -2.18. The number of nitrogens with two attached hydrogens (primary N) is 1. The topological polar surface area (TPSA) is 129 Å². The number of nitrogens with one attached hydrogen (secondary N) is 4. The lowest BCUT2D eigenvalue weighted by Crippen LogP contribution is -2.48. The molecular formula is C18H34N6O3S. The highest BCUT2D eigenvalue weighted by Crippen LogP contribution is 2.33. The molecule has 2 aliphatic rings. The number of nitrogens with zero attached hydrogens (tertiary/aromatic N) is 1. The highest BCUT2D eigenvalue weighted by atomic mass is 32.2. The molecule has 0 bridgehead atoms. The molecule has 0 aromatic rings. The number of rotatable bonds is 12. The number of unbranched alkanes of at least 4 members (excludes halogenated alkanes) is 2. The molecule has 2 fully saturated rings. The predicted octanol–water partition coefficient (Wildman–Crippen LogP) is -0.0812. The summed E-state index contributed by atoms with van der Waals surface area (Å²) in [5.41, 5.74) is 2.14. The zero-order valence-corrected chi connectivity index (χ0v) is 17.6. The van der Waals surface area contributed by atoms with Gasteiger partial charge in [0, 0.05) is 17.4 Å². The average Bonchev–Trinajstić information content (AvgIpc) is 3.19. The summed E-state index contributed by atoms with van der Waals surface area (Å²) in [5.74, 6) is 5.72. The molecule has 6 N–H and O–H groups in total. The molecule has 10 heteroatoms. The number of urea groups is 1. The van der Waals surface area contributed by atoms with E-state index in [1.165, 1.54) is 0 Å². The van der Waals surface area contributed by atoms with Crippen molar-refractivity contribution < 1.29 is 14.4 Å². The van der Waals surface area contributed by atoms with E-state index in [0.717, 1.165) is 44.4 Å². The summed E-state index contributed by atoms with van der Waals surface area (Å²) in [5, 5.41) is 9.13. The molecule has 28 heavy (non-hydrogen) atoms. The lowest BCUT2D eigenvalue weighted by atomic mass is 10.0. The molecule has 2 aliphatic heterocycles. The number of hydrogen-bond acceptors (Lipinski definition) is 6. The molecule has 9 nitrogen and oxygen atoms in total. The van der Waals surface area contributed by atoms with E-state index < -0.39 is 6.04 Å². The Hall–Kier alpha value is -1.52. The predicted molar refractivity (Wildman–Crippen MR) is 111 cm³/mol. The molecule has 0 aromatic heterocycles. The normalized spacial score (nSPS) is 24.4. The standard InChI is InChI=1S/C18H34N6O3S/c1-24(2)10-6-5-7-12(17(26)23-19)20-15(25)9-4-3-8-14-16-13(11-28-14)21-18(27)22-16/h12-14,16H,3-11,19H2,1-2H3,(H,20,25)(H,23,26)(H2,21,22,27). The first-order chi connectivity index (χ1) is 13.4. The molecular weight excluding hydrogens is 380 g/mol. The molecule has 0 spiro atoms. The van der Waals surface area contributed by atoms with Crippen molar-refractivity contribution in [1.29, 1.82) is 0 Å². The quantitative estimate of drug-likeness (QED) is 0.0999. The number of hydrazine groups is 1. The second-order valence-electron chi connectivity index (χ2n) is 7.80. The van der Waals surface area contributed by atoms with Crippen molar-refractivity contribution in [2.75, 3.05) is 26.4 Å². The molecule has 0 aromatic carbocycles. The third-order valence-electron chi connectivity index (χ3n) is 5.22. The summed E-state index contributed by atoms with van der Waals surface area (Å²) < 4.78 is 0. The number of hydrogen-bond donors (Lipinski definition) is 5. The molecule has 0 aliphatic carbocycles. The number of carbonyl (C=O) groups excluding carboxylic acids is 3. The monoisotopic (exact) mass is 414 g/mol. The fourth-order valence-electron chi connectivity index (χ4n) is 3.69. The summed E-state index contributed by atoms with van der Waals surface area (Å²) in [6, 6.07) is -0.222. The number of fused-ring (bicyclic) bond motifs is 1. The zero-order chi connectivity index (χ0) is 20.5. The Morgan fingerprint density at radius 1 is 1.25 bits per heavy atom. The van der Waals surface area contributed by atoms with Crippen LogP contribution in [0.2, 0.25) is 0 Å². The van der Waals surface area contributed by atoms with Crippen molar-refractivity contribution in [3.8, 4) is 0 Å². The molecule has 2 saturated heterocycles. The van der Waals surface area contributed by atoms with Gasteiger partial charge in [-0.05, 0) is 52.7 Å². The highest BCUT2D eigenvalue weighted by molar-refractivity contribution is 8.00. The van der Waals surface area contributed by atoms with E-state index in [9.17, 15) is 14.4 Å². The van der Waals surface area contributed by atoms with E-state index in [0.29, 0.717) is 18.1 Å². The Balaban J connectivity index is 1.63. The fraction of sp³-hybridized carbons (Fsp3) is 0.833. The summed E-state index contributed by atoms with van der Waals surface area (Å²) in [6.07, 6.45) is 5.43. The van der Waals surface area contributed by atoms with Gasteiger partial charge in [-0.15, -0.1) is 0 Å². The zero-order valence-electron chi connectivity index (χ0n) is 16.8. The minimum Gasteiger partial charge on any atom is -0.344 e. The smallest absolute Gasteiger partial charge is 0.315 e. The van der Waals surface area contributed by atoms with Crippen molar-refractivity contribution in [2.24, 2.45) is 5.84 Å². The van der Waals surface area contributed by atoms with Gasteiger partial charge in [-0.25, -0.2) is 10.6 Å². The van der Waals surface area contributed by atoms with Crippen LogP contribution in [0.5, 0.6) is 0 Å². The SMILES string of the molecule is CN(C)CCCCC(NC(=O)CCCCC1SCC2NC(=O)NC21)C(=O)NN. The Kier molecular flexibility index (Phi) is 9.33. The molecule has 0 saturated carbocycles. The third kappa shape index (κ3) is 7.14. The van der Waals surface area contributed by atoms with Crippen LogP contribution < -0.4 is 27.2 Å². The van der Waals surface area contributed by atoms with E-state index in [4.69, 9.17) is 5.84 Å². The second-order valence-corrected chi connectivity index (χ2v) is 9.07. The van der Waals surface area contributed by atoms with Crippen molar-refractivity contribution in [2.45, 2.75) is 68.3 Å². The lowest BCUT2D eigenvalue weighted by molar-refractivity contribution is -0.129. The van der Waals surface area contributed by atoms with Crippen LogP contribution in [0, 0.1) is 0 Å². The van der Waals surface area contributed by atoms with Gasteiger partial charge in [0.05, 0.1) is 12.1 Å². The van der Waals surface area contributed by atoms with Gasteiger partial charge >= 0.3 is 6.03 Å². The van der Waals surface area contributed by atoms with Gasteiger partial charge in [0.2, 0.25) is 5.91 Å². The molecule has 4 unspecified atom stereocenters. The number of amides is 4. The van der Waals surface area contributed by atoms with Gasteiger partial charge in [-0.2, -0.15) is 11.8 Å². The minimum atomic E-state index is -0.578. The van der Waals surface area contributed by atoms with E-state index in [2.05, 4.69) is 26.3 Å². The van der Waals surface area contributed by atoms with E-state index in [1.807, 2.05) is 25.9 Å². The molecule has 4 amide bonds. The van der Waals surface area contributed by atoms with Crippen molar-refractivity contribution in [3.05, 3.63) is 0 Å². The minimum absolute atomic E-state index is 0.0746. The molecule has 0 radical (unpaired) electrons. The van der Waals surface area contributed by atoms with Crippen LogP contribution in [0.25, 0.3) is 0 Å². The maximum atomic E-state index is 12.2. The van der Waals surface area contributed by atoms with E-state index in [1.54, 1.807) is 0 Å². The second kappa shape index (κ2) is 11.5. The molecule has 2 rings (SSSR count). The van der Waals surface area contributed by atoms with Crippen molar-refractivity contribution in [3.63, 3.8) is 0 Å². The van der Waals surface area contributed by atoms with E-state index in [-0.39, 0.29) is 29.9 Å². The first kappa shape index (κ1) is 22.8. The third-order valence-corrected chi connectivity index (χ3v) is 6.73. The van der Waals surface area contributed by atoms with Gasteiger partial charge in [0.25, 0.3) is 5.91 Å². The Morgan fingerprint density at radius 2 is 2.04 bits per heavy atom. The summed E-state index contributed by atoms with van der Waals surface area (Å²) in [6.45, 7) is 0.946. The maximum Gasteiger partial charge on any atom is 0.315 e. The molecule has 2 heterocycles. The average molecular weight is 415 g/mol. The van der Waals surface area contributed by atoms with Crippen LogP contribution in [-0.2, 0) is 9.59 Å². The van der Waals surface area contributed by atoms with Crippen LogP contribution in [0.3, 0.4) is 0 Å². The van der Waals surface area contributed by atoms with Crippen molar-refractivity contribution in [1.82, 2.24) is 26.3 Å². The van der Waals surface area contributed by atoms with Crippen LogP contribution in [-0.4, -0.2) is 72.5 Å². The molecule has 160 valence electrons. The van der Waals surface area contributed by atoms with Gasteiger partial charge in [-0.1, -0.05) is 6.42 Å². The molecule has 4 atom stereocenters. The van der Waals surface area contributed by atoms with Crippen LogP contribution in [0.4, 0.5) is 4.79 Å². The summed E-state index contributed by atoms with van der Waals surface area (Å²) in [4.78, 5) is 37.6. The van der Waals surface area contributed by atoms with Crippen LogP contribution >= 0.6 is 11.8 Å². The Labute approximate surface area is 171 Å². The van der Waals surface area contributed by atoms with E-state index >= 15 is 0 Å². The fourth-order valence-corrected chi connectivity index (χ4v) is 5.23. The maximum absolute atomic E-state index is 12.2. The first-order valence-electron chi connectivity index (χ1n) is 10.0. The Bertz CT molecular complexity index is 547. The summed E-state index contributed by atoms with van der Waals surface area (Å²) >= 11 is 1.88. The largest absolute Gasteiger partial charge is 0.344 e. The number of carbonyl (C=O) groups is 3. The van der Waals surface area contributed by atoms with Crippen molar-refractivity contribution >= 4 is 29.6 Å².